The van der Waals surface area contributed by atoms with E-state index < -0.39 is 15.8 Å². The van der Waals surface area contributed by atoms with Gasteiger partial charge in [0.2, 0.25) is 10.0 Å². The predicted octanol–water partition coefficient (Wildman–Crippen LogP) is 1.56. The lowest BCUT2D eigenvalue weighted by molar-refractivity contribution is 0.175. The van der Waals surface area contributed by atoms with Crippen molar-refractivity contribution in [3.8, 4) is 0 Å². The number of nitrogens with zero attached hydrogens (tertiary/aromatic N) is 1. The number of anilines is 1. The average molecular weight is 315 g/mol. The van der Waals surface area contributed by atoms with Gasteiger partial charge in [-0.2, -0.15) is 0 Å². The quantitative estimate of drug-likeness (QED) is 0.809. The fourth-order valence-electron chi connectivity index (χ4n) is 2.53. The van der Waals surface area contributed by atoms with Crippen LogP contribution in [0.5, 0.6) is 0 Å². The molecular formula is C14H22FN3O2S. The van der Waals surface area contributed by atoms with Gasteiger partial charge in [-0.25, -0.2) is 17.5 Å². The Labute approximate surface area is 125 Å². The Bertz CT molecular complexity index is 586. The lowest BCUT2D eigenvalue weighted by atomic mass is 10.1. The summed E-state index contributed by atoms with van der Waals surface area (Å²) in [6.45, 7) is 4.22. The van der Waals surface area contributed by atoms with E-state index in [1.54, 1.807) is 0 Å². The molecule has 1 unspecified atom stereocenters. The molecule has 0 aliphatic carbocycles. The molecule has 1 saturated heterocycles. The average Bonchev–Trinajstić information content (AvgIpc) is 2.45. The van der Waals surface area contributed by atoms with E-state index in [4.69, 9.17) is 5.73 Å². The Morgan fingerprint density at radius 1 is 1.33 bits per heavy atom. The molecule has 0 amide bonds. The maximum Gasteiger partial charge on any atom is 0.243 e. The summed E-state index contributed by atoms with van der Waals surface area (Å²) in [5, 5.41) is 0. The molecule has 7 heteroatoms. The largest absolute Gasteiger partial charge is 0.399 e. The van der Waals surface area contributed by atoms with Gasteiger partial charge < -0.3 is 5.73 Å². The van der Waals surface area contributed by atoms with Crippen LogP contribution in [0.25, 0.3) is 0 Å². The molecule has 1 aromatic carbocycles. The first-order valence-electron chi connectivity index (χ1n) is 7.19. The molecule has 5 nitrogen and oxygen atoms in total. The number of benzene rings is 1. The van der Waals surface area contributed by atoms with Crippen LogP contribution < -0.4 is 10.5 Å². The molecule has 118 valence electrons. The molecule has 0 aromatic heterocycles. The van der Waals surface area contributed by atoms with Gasteiger partial charge in [-0.3, -0.25) is 4.90 Å². The van der Waals surface area contributed by atoms with E-state index in [0.29, 0.717) is 0 Å². The van der Waals surface area contributed by atoms with Crippen molar-refractivity contribution in [1.82, 2.24) is 9.62 Å². The van der Waals surface area contributed by atoms with Gasteiger partial charge in [0.1, 0.15) is 10.7 Å². The van der Waals surface area contributed by atoms with Crippen molar-refractivity contribution in [3.63, 3.8) is 0 Å². The van der Waals surface area contributed by atoms with Gasteiger partial charge in [-0.15, -0.1) is 0 Å². The third-order valence-electron chi connectivity index (χ3n) is 3.83. The first kappa shape index (κ1) is 16.2. The van der Waals surface area contributed by atoms with Crippen LogP contribution in [0, 0.1) is 5.82 Å². The van der Waals surface area contributed by atoms with Gasteiger partial charge in [0.05, 0.1) is 0 Å². The third-order valence-corrected chi connectivity index (χ3v) is 5.29. The highest BCUT2D eigenvalue weighted by atomic mass is 32.2. The summed E-state index contributed by atoms with van der Waals surface area (Å²) in [5.74, 6) is -0.826. The standard InChI is InChI=1S/C14H22FN3O2S/c1-11(18-7-3-2-4-8-18)10-17-21(19,20)14-6-5-12(16)9-13(14)15/h5-6,9,11,17H,2-4,7-8,10,16H2,1H3. The second-order valence-corrected chi connectivity index (χ2v) is 7.22. The molecule has 1 aliphatic rings. The lowest BCUT2D eigenvalue weighted by Gasteiger charge is -2.32. The maximum absolute atomic E-state index is 13.7. The van der Waals surface area contributed by atoms with E-state index in [9.17, 15) is 12.8 Å². The molecule has 21 heavy (non-hydrogen) atoms. The van der Waals surface area contributed by atoms with Crippen LogP contribution in [0.15, 0.2) is 23.1 Å². The summed E-state index contributed by atoms with van der Waals surface area (Å²) in [4.78, 5) is 1.90. The molecule has 1 fully saturated rings. The molecule has 0 radical (unpaired) electrons. The van der Waals surface area contributed by atoms with Crippen LogP contribution >= 0.6 is 0 Å². The highest BCUT2D eigenvalue weighted by molar-refractivity contribution is 7.89. The number of rotatable bonds is 5. The summed E-state index contributed by atoms with van der Waals surface area (Å²) < 4.78 is 40.5. The monoisotopic (exact) mass is 315 g/mol. The molecule has 0 spiro atoms. The fraction of sp³-hybridized carbons (Fsp3) is 0.571. The number of sulfonamides is 1. The number of hydrogen-bond acceptors (Lipinski definition) is 4. The normalized spacial score (nSPS) is 18.6. The summed E-state index contributed by atoms with van der Waals surface area (Å²) in [6.07, 6.45) is 3.51. The second-order valence-electron chi connectivity index (χ2n) is 5.49. The molecule has 1 heterocycles. The molecule has 1 aliphatic heterocycles. The Kier molecular flexibility index (Phi) is 5.18. The van der Waals surface area contributed by atoms with E-state index in [0.717, 1.165) is 32.0 Å². The number of hydrogen-bond donors (Lipinski definition) is 2. The van der Waals surface area contributed by atoms with Gasteiger partial charge in [-0.05, 0) is 51.1 Å². The van der Waals surface area contributed by atoms with Gasteiger partial charge in [0, 0.05) is 18.3 Å². The van der Waals surface area contributed by atoms with Crippen molar-refractivity contribution in [2.24, 2.45) is 0 Å². The number of halogens is 1. The molecule has 0 bridgehead atoms. The van der Waals surface area contributed by atoms with Gasteiger partial charge in [0.15, 0.2) is 0 Å². The van der Waals surface area contributed by atoms with Crippen molar-refractivity contribution < 1.29 is 12.8 Å². The van der Waals surface area contributed by atoms with Crippen LogP contribution in [-0.2, 0) is 10.0 Å². The SMILES string of the molecule is CC(CNS(=O)(=O)c1ccc(N)cc1F)N1CCCCC1. The van der Waals surface area contributed by atoms with Crippen molar-refractivity contribution in [3.05, 3.63) is 24.0 Å². The first-order chi connectivity index (χ1) is 9.90. The third kappa shape index (κ3) is 4.15. The molecule has 2 rings (SSSR count). The Hall–Kier alpha value is -1.18. The van der Waals surface area contributed by atoms with E-state index >= 15 is 0 Å². The highest BCUT2D eigenvalue weighted by Gasteiger charge is 2.22. The number of nitrogens with two attached hydrogens (primary N) is 1. The van der Waals surface area contributed by atoms with Crippen molar-refractivity contribution in [2.45, 2.75) is 37.1 Å². The molecule has 0 saturated carbocycles. The number of likely N-dealkylation sites (tertiary alicyclic amines) is 1. The predicted molar refractivity (Wildman–Crippen MR) is 80.9 cm³/mol. The number of piperidine rings is 1. The van der Waals surface area contributed by atoms with E-state index in [-0.39, 0.29) is 23.2 Å². The number of nitrogens with one attached hydrogen (secondary N) is 1. The Morgan fingerprint density at radius 2 is 2.00 bits per heavy atom. The zero-order valence-electron chi connectivity index (χ0n) is 12.2. The molecule has 1 atom stereocenters. The Morgan fingerprint density at radius 3 is 2.62 bits per heavy atom. The van der Waals surface area contributed by atoms with Crippen LogP contribution in [0.3, 0.4) is 0 Å². The van der Waals surface area contributed by atoms with E-state index in [2.05, 4.69) is 9.62 Å². The fourth-order valence-corrected chi connectivity index (χ4v) is 3.71. The van der Waals surface area contributed by atoms with E-state index in [1.807, 2.05) is 6.92 Å². The van der Waals surface area contributed by atoms with Gasteiger partial charge in [0.25, 0.3) is 0 Å². The smallest absolute Gasteiger partial charge is 0.243 e. The summed E-state index contributed by atoms with van der Waals surface area (Å²) in [6, 6.07) is 3.68. The van der Waals surface area contributed by atoms with Gasteiger partial charge in [-0.1, -0.05) is 6.42 Å². The zero-order chi connectivity index (χ0) is 15.5. The molecule has 1 aromatic rings. The summed E-state index contributed by atoms with van der Waals surface area (Å²) in [5.41, 5.74) is 5.63. The number of nitrogen functional groups attached to an aromatic ring is 1. The van der Waals surface area contributed by atoms with Crippen LogP contribution in [0.1, 0.15) is 26.2 Å². The van der Waals surface area contributed by atoms with Crippen molar-refractivity contribution >= 4 is 15.7 Å². The topological polar surface area (TPSA) is 75.4 Å². The van der Waals surface area contributed by atoms with Crippen LogP contribution in [0.2, 0.25) is 0 Å². The van der Waals surface area contributed by atoms with E-state index in [1.165, 1.54) is 18.6 Å². The second kappa shape index (κ2) is 6.72. The molecular weight excluding hydrogens is 293 g/mol. The summed E-state index contributed by atoms with van der Waals surface area (Å²) in [7, 11) is -3.85. The van der Waals surface area contributed by atoms with Crippen molar-refractivity contribution in [2.75, 3.05) is 25.4 Å². The van der Waals surface area contributed by atoms with Crippen LogP contribution in [-0.4, -0.2) is 39.0 Å². The van der Waals surface area contributed by atoms with Crippen molar-refractivity contribution in [1.29, 1.82) is 0 Å². The highest BCUT2D eigenvalue weighted by Crippen LogP contribution is 2.17. The summed E-state index contributed by atoms with van der Waals surface area (Å²) >= 11 is 0. The minimum atomic E-state index is -3.85. The van der Waals surface area contributed by atoms with Crippen LogP contribution in [0.4, 0.5) is 10.1 Å². The minimum absolute atomic E-state index is 0.0944. The van der Waals surface area contributed by atoms with Gasteiger partial charge >= 0.3 is 0 Å². The Balaban J connectivity index is 2.00. The zero-order valence-corrected chi connectivity index (χ0v) is 13.0. The minimum Gasteiger partial charge on any atom is -0.399 e. The first-order valence-corrected chi connectivity index (χ1v) is 8.67. The molecule has 3 N–H and O–H groups in total. The maximum atomic E-state index is 13.7. The lowest BCUT2D eigenvalue weighted by Crippen LogP contribution is -2.44.